The van der Waals surface area contributed by atoms with Gasteiger partial charge in [-0.2, -0.15) is 0 Å². The highest BCUT2D eigenvalue weighted by atomic mass is 15.2. The van der Waals surface area contributed by atoms with Gasteiger partial charge in [0.15, 0.2) is 0 Å². The lowest BCUT2D eigenvalue weighted by Crippen LogP contribution is -2.29. The molecular weight excluding hydrogens is 350 g/mol. The largest absolute Gasteiger partial charge is 0.288 e. The third kappa shape index (κ3) is 5.43. The minimum atomic E-state index is 0.305. The van der Waals surface area contributed by atoms with Crippen molar-refractivity contribution in [2.75, 3.05) is 0 Å². The number of rotatable bonds is 8. The molecule has 4 rings (SSSR count). The average molecular weight is 378 g/mol. The van der Waals surface area contributed by atoms with E-state index in [4.69, 9.17) is 0 Å². The van der Waals surface area contributed by atoms with Gasteiger partial charge in [0.25, 0.3) is 0 Å². The molecule has 0 amide bonds. The van der Waals surface area contributed by atoms with E-state index >= 15 is 0 Å². The van der Waals surface area contributed by atoms with Gasteiger partial charge in [-0.3, -0.25) is 4.90 Å². The topological polar surface area (TPSA) is 3.24 Å². The van der Waals surface area contributed by atoms with Crippen LogP contribution in [0.15, 0.2) is 121 Å². The third-order valence-corrected chi connectivity index (χ3v) is 5.35. The predicted molar refractivity (Wildman–Crippen MR) is 121 cm³/mol. The van der Waals surface area contributed by atoms with E-state index in [1.807, 2.05) is 0 Å². The normalized spacial score (nSPS) is 12.0. The molecule has 0 bridgehead atoms. The molecule has 0 heterocycles. The summed E-state index contributed by atoms with van der Waals surface area (Å²) >= 11 is 0. The zero-order valence-corrected chi connectivity index (χ0v) is 16.7. The lowest BCUT2D eigenvalue weighted by Gasteiger charge is -2.33. The molecule has 0 radical (unpaired) electrons. The minimum absolute atomic E-state index is 0.305. The van der Waals surface area contributed by atoms with E-state index in [1.165, 1.54) is 22.3 Å². The van der Waals surface area contributed by atoms with Crippen LogP contribution in [0.4, 0.5) is 0 Å². The van der Waals surface area contributed by atoms with Crippen LogP contribution in [-0.2, 0) is 19.5 Å². The average Bonchev–Trinajstić information content (AvgIpc) is 2.80. The zero-order valence-electron chi connectivity index (χ0n) is 16.7. The predicted octanol–water partition coefficient (Wildman–Crippen LogP) is 6.67. The van der Waals surface area contributed by atoms with Crippen LogP contribution in [0.2, 0.25) is 0 Å². The first-order chi connectivity index (χ1) is 14.4. The van der Waals surface area contributed by atoms with Crippen LogP contribution < -0.4 is 0 Å². The Balaban J connectivity index is 1.69. The Morgan fingerprint density at radius 1 is 0.448 bits per heavy atom. The SMILES string of the molecule is c1ccc(CC(c2ccccc2)N(Cc2ccccc2)Cc2ccccc2)cc1. The van der Waals surface area contributed by atoms with Crippen LogP contribution in [0.3, 0.4) is 0 Å². The third-order valence-electron chi connectivity index (χ3n) is 5.35. The van der Waals surface area contributed by atoms with Crippen molar-refractivity contribution in [1.82, 2.24) is 4.90 Å². The molecule has 0 aliphatic heterocycles. The summed E-state index contributed by atoms with van der Waals surface area (Å²) in [4.78, 5) is 2.60. The van der Waals surface area contributed by atoms with Gasteiger partial charge in [0.05, 0.1) is 0 Å². The van der Waals surface area contributed by atoms with Crippen molar-refractivity contribution in [3.05, 3.63) is 144 Å². The molecule has 1 unspecified atom stereocenters. The van der Waals surface area contributed by atoms with Gasteiger partial charge in [-0.05, 0) is 28.7 Å². The van der Waals surface area contributed by atoms with Gasteiger partial charge < -0.3 is 0 Å². The Bertz CT molecular complexity index is 924. The first kappa shape index (κ1) is 19.2. The molecule has 144 valence electrons. The Morgan fingerprint density at radius 3 is 1.28 bits per heavy atom. The Labute approximate surface area is 174 Å². The highest BCUT2D eigenvalue weighted by Crippen LogP contribution is 2.28. The quantitative estimate of drug-likeness (QED) is 0.331. The monoisotopic (exact) mass is 377 g/mol. The minimum Gasteiger partial charge on any atom is -0.288 e. The number of nitrogens with zero attached hydrogens (tertiary/aromatic N) is 1. The van der Waals surface area contributed by atoms with Gasteiger partial charge >= 0.3 is 0 Å². The van der Waals surface area contributed by atoms with Crippen LogP contribution in [0, 0.1) is 0 Å². The highest BCUT2D eigenvalue weighted by molar-refractivity contribution is 5.26. The van der Waals surface area contributed by atoms with Gasteiger partial charge in [-0.15, -0.1) is 0 Å². The molecule has 1 atom stereocenters. The number of benzene rings is 4. The van der Waals surface area contributed by atoms with E-state index in [0.29, 0.717) is 6.04 Å². The van der Waals surface area contributed by atoms with Crippen LogP contribution in [0.5, 0.6) is 0 Å². The maximum atomic E-state index is 2.60. The molecule has 4 aromatic carbocycles. The molecule has 0 aliphatic carbocycles. The maximum Gasteiger partial charge on any atom is 0.0395 e. The first-order valence-corrected chi connectivity index (χ1v) is 10.3. The molecule has 0 saturated carbocycles. The molecule has 0 fully saturated rings. The number of hydrogen-bond acceptors (Lipinski definition) is 1. The zero-order chi connectivity index (χ0) is 19.7. The standard InChI is InChI=1S/C28H27N/c1-5-13-24(14-6-1)21-28(27-19-11-4-12-20-27)29(22-25-15-7-2-8-16-25)23-26-17-9-3-10-18-26/h1-20,28H,21-23H2. The number of hydrogen-bond donors (Lipinski definition) is 0. The fraction of sp³-hybridized carbons (Fsp3) is 0.143. The van der Waals surface area contributed by atoms with Crippen LogP contribution in [0.25, 0.3) is 0 Å². The van der Waals surface area contributed by atoms with Gasteiger partial charge in [-0.1, -0.05) is 121 Å². The van der Waals surface area contributed by atoms with Crippen molar-refractivity contribution in [3.63, 3.8) is 0 Å². The molecule has 0 N–H and O–H groups in total. The summed E-state index contributed by atoms with van der Waals surface area (Å²) in [6, 6.07) is 43.6. The summed E-state index contributed by atoms with van der Waals surface area (Å²) in [7, 11) is 0. The van der Waals surface area contributed by atoms with E-state index in [9.17, 15) is 0 Å². The van der Waals surface area contributed by atoms with Crippen molar-refractivity contribution >= 4 is 0 Å². The van der Waals surface area contributed by atoms with E-state index in [1.54, 1.807) is 0 Å². The fourth-order valence-corrected chi connectivity index (χ4v) is 3.88. The second-order valence-electron chi connectivity index (χ2n) is 7.49. The summed E-state index contributed by atoms with van der Waals surface area (Å²) < 4.78 is 0. The lowest BCUT2D eigenvalue weighted by molar-refractivity contribution is 0.177. The van der Waals surface area contributed by atoms with Crippen LogP contribution in [0.1, 0.15) is 28.3 Å². The fourth-order valence-electron chi connectivity index (χ4n) is 3.88. The molecule has 0 aromatic heterocycles. The highest BCUT2D eigenvalue weighted by Gasteiger charge is 2.21. The molecule has 29 heavy (non-hydrogen) atoms. The van der Waals surface area contributed by atoms with Crippen molar-refractivity contribution < 1.29 is 0 Å². The smallest absolute Gasteiger partial charge is 0.0395 e. The van der Waals surface area contributed by atoms with Gasteiger partial charge in [0.1, 0.15) is 0 Å². The molecule has 0 saturated heterocycles. The van der Waals surface area contributed by atoms with E-state index in [2.05, 4.69) is 126 Å². The lowest BCUT2D eigenvalue weighted by atomic mass is 9.96. The van der Waals surface area contributed by atoms with Crippen LogP contribution in [-0.4, -0.2) is 4.90 Å². The second-order valence-corrected chi connectivity index (χ2v) is 7.49. The maximum absolute atomic E-state index is 2.60. The molecular formula is C28H27N. The summed E-state index contributed by atoms with van der Waals surface area (Å²) in [5.74, 6) is 0. The summed E-state index contributed by atoms with van der Waals surface area (Å²) in [6.07, 6.45) is 0.991. The Kier molecular flexibility index (Phi) is 6.52. The van der Waals surface area contributed by atoms with Crippen molar-refractivity contribution in [2.24, 2.45) is 0 Å². The van der Waals surface area contributed by atoms with Crippen molar-refractivity contribution in [2.45, 2.75) is 25.6 Å². The van der Waals surface area contributed by atoms with Gasteiger partial charge in [0, 0.05) is 19.1 Å². The summed E-state index contributed by atoms with van der Waals surface area (Å²) in [5, 5.41) is 0. The second kappa shape index (κ2) is 9.86. The van der Waals surface area contributed by atoms with E-state index < -0.39 is 0 Å². The summed E-state index contributed by atoms with van der Waals surface area (Å²) in [5.41, 5.74) is 5.42. The molecule has 0 aliphatic rings. The molecule has 4 aromatic rings. The van der Waals surface area contributed by atoms with Gasteiger partial charge in [-0.25, -0.2) is 0 Å². The van der Waals surface area contributed by atoms with Gasteiger partial charge in [0.2, 0.25) is 0 Å². The molecule has 1 heteroatoms. The summed E-state index contributed by atoms with van der Waals surface area (Å²) in [6.45, 7) is 1.84. The Hall–Kier alpha value is -3.16. The van der Waals surface area contributed by atoms with E-state index in [-0.39, 0.29) is 0 Å². The van der Waals surface area contributed by atoms with Crippen molar-refractivity contribution in [3.8, 4) is 0 Å². The molecule has 0 spiro atoms. The van der Waals surface area contributed by atoms with E-state index in [0.717, 1.165) is 19.5 Å². The molecule has 1 nitrogen and oxygen atoms in total. The first-order valence-electron chi connectivity index (χ1n) is 10.3. The Morgan fingerprint density at radius 2 is 0.828 bits per heavy atom. The van der Waals surface area contributed by atoms with Crippen molar-refractivity contribution in [1.29, 1.82) is 0 Å². The van der Waals surface area contributed by atoms with Crippen LogP contribution >= 0.6 is 0 Å².